The molecular formula is C17H22ClNO2. The second-order valence-electron chi connectivity index (χ2n) is 5.78. The number of aliphatic hydroxyl groups excluding tert-OH is 1. The van der Waals surface area contributed by atoms with Gasteiger partial charge in [-0.2, -0.15) is 0 Å². The standard InChI is InChI=1S/C17H21NO2.ClH/c18-16(17(20)11-5-1-2-6-11)14-9-10-15(19)13-8-4-3-7-12(13)14;/h3-4,7-11,16-17,19-20H,1-2,5-6,18H2;1H/t16-,17+;/m0./s1. The maximum Gasteiger partial charge on any atom is 0.123 e. The first-order valence-corrected chi connectivity index (χ1v) is 7.33. The summed E-state index contributed by atoms with van der Waals surface area (Å²) in [5, 5.41) is 22.2. The Kier molecular flexibility index (Phi) is 5.09. The number of hydrogen-bond donors (Lipinski definition) is 3. The van der Waals surface area contributed by atoms with Crippen molar-refractivity contribution in [2.24, 2.45) is 11.7 Å². The highest BCUT2D eigenvalue weighted by atomic mass is 35.5. The highest BCUT2D eigenvalue weighted by Crippen LogP contribution is 2.36. The van der Waals surface area contributed by atoms with Crippen molar-refractivity contribution in [3.8, 4) is 5.75 Å². The van der Waals surface area contributed by atoms with E-state index in [2.05, 4.69) is 0 Å². The van der Waals surface area contributed by atoms with Crippen LogP contribution in [-0.4, -0.2) is 16.3 Å². The van der Waals surface area contributed by atoms with E-state index in [1.165, 1.54) is 12.8 Å². The Balaban J connectivity index is 0.00000161. The molecule has 1 fully saturated rings. The van der Waals surface area contributed by atoms with Crippen molar-refractivity contribution >= 4 is 23.2 Å². The lowest BCUT2D eigenvalue weighted by molar-refractivity contribution is 0.0849. The average molecular weight is 308 g/mol. The molecule has 0 heterocycles. The van der Waals surface area contributed by atoms with Crippen molar-refractivity contribution in [2.75, 3.05) is 0 Å². The SMILES string of the molecule is Cl.N[C@@H](c1ccc(O)c2ccccc12)[C@H](O)C1CCCC1. The maximum absolute atomic E-state index is 10.5. The Labute approximate surface area is 131 Å². The molecule has 2 aromatic carbocycles. The number of hydrogen-bond acceptors (Lipinski definition) is 3. The van der Waals surface area contributed by atoms with E-state index >= 15 is 0 Å². The fourth-order valence-corrected chi connectivity index (χ4v) is 3.37. The van der Waals surface area contributed by atoms with E-state index in [1.54, 1.807) is 6.07 Å². The van der Waals surface area contributed by atoms with Gasteiger partial charge in [-0.15, -0.1) is 12.4 Å². The molecule has 0 radical (unpaired) electrons. The lowest BCUT2D eigenvalue weighted by Crippen LogP contribution is -2.32. The van der Waals surface area contributed by atoms with E-state index in [4.69, 9.17) is 5.73 Å². The van der Waals surface area contributed by atoms with Gasteiger partial charge in [-0.3, -0.25) is 0 Å². The summed E-state index contributed by atoms with van der Waals surface area (Å²) in [6.45, 7) is 0. The van der Waals surface area contributed by atoms with Crippen molar-refractivity contribution < 1.29 is 10.2 Å². The molecule has 2 atom stereocenters. The number of aliphatic hydroxyl groups is 1. The number of phenolic OH excluding ortho intramolecular Hbond substituents is 1. The minimum Gasteiger partial charge on any atom is -0.507 e. The Morgan fingerprint density at radius 1 is 1.00 bits per heavy atom. The number of phenols is 1. The van der Waals surface area contributed by atoms with E-state index in [-0.39, 0.29) is 18.2 Å². The van der Waals surface area contributed by atoms with Gasteiger partial charge in [0.1, 0.15) is 5.75 Å². The van der Waals surface area contributed by atoms with Crippen LogP contribution in [0.15, 0.2) is 36.4 Å². The molecule has 0 amide bonds. The van der Waals surface area contributed by atoms with Gasteiger partial charge in [-0.05, 0) is 35.8 Å². The Morgan fingerprint density at radius 3 is 2.29 bits per heavy atom. The third-order valence-electron chi connectivity index (χ3n) is 4.54. The third-order valence-corrected chi connectivity index (χ3v) is 4.54. The quantitative estimate of drug-likeness (QED) is 0.813. The molecule has 2 aromatic rings. The second kappa shape index (κ2) is 6.65. The molecular weight excluding hydrogens is 286 g/mol. The van der Waals surface area contributed by atoms with Crippen molar-refractivity contribution in [2.45, 2.75) is 37.8 Å². The van der Waals surface area contributed by atoms with Gasteiger partial charge in [0.15, 0.2) is 0 Å². The molecule has 4 N–H and O–H groups in total. The molecule has 1 saturated carbocycles. The van der Waals surface area contributed by atoms with Crippen LogP contribution in [0, 0.1) is 5.92 Å². The van der Waals surface area contributed by atoms with Gasteiger partial charge in [0, 0.05) is 5.39 Å². The summed E-state index contributed by atoms with van der Waals surface area (Å²) in [5.41, 5.74) is 7.22. The van der Waals surface area contributed by atoms with Crippen LogP contribution >= 0.6 is 12.4 Å². The molecule has 3 nitrogen and oxygen atoms in total. The van der Waals surface area contributed by atoms with Crippen LogP contribution in [-0.2, 0) is 0 Å². The normalized spacial score (nSPS) is 18.4. The molecule has 4 heteroatoms. The Bertz CT molecular complexity index is 611. The summed E-state index contributed by atoms with van der Waals surface area (Å²) in [6, 6.07) is 10.8. The first kappa shape index (κ1) is 16.1. The zero-order valence-corrected chi connectivity index (χ0v) is 12.7. The van der Waals surface area contributed by atoms with Gasteiger partial charge in [0.25, 0.3) is 0 Å². The van der Waals surface area contributed by atoms with Crippen molar-refractivity contribution in [3.63, 3.8) is 0 Å². The molecule has 0 spiro atoms. The third kappa shape index (κ3) is 3.00. The van der Waals surface area contributed by atoms with Gasteiger partial charge >= 0.3 is 0 Å². The molecule has 0 unspecified atom stereocenters. The summed E-state index contributed by atoms with van der Waals surface area (Å²) in [4.78, 5) is 0. The fraction of sp³-hybridized carbons (Fsp3) is 0.412. The summed E-state index contributed by atoms with van der Waals surface area (Å²) in [5.74, 6) is 0.560. The minimum atomic E-state index is -0.509. The first-order chi connectivity index (χ1) is 9.68. The monoisotopic (exact) mass is 307 g/mol. The molecule has 0 bridgehead atoms. The van der Waals surface area contributed by atoms with Crippen LogP contribution < -0.4 is 5.73 Å². The van der Waals surface area contributed by atoms with Crippen molar-refractivity contribution in [1.29, 1.82) is 0 Å². The van der Waals surface area contributed by atoms with E-state index in [9.17, 15) is 10.2 Å². The molecule has 1 aliphatic carbocycles. The van der Waals surface area contributed by atoms with E-state index in [0.29, 0.717) is 5.92 Å². The summed E-state index contributed by atoms with van der Waals surface area (Å²) >= 11 is 0. The van der Waals surface area contributed by atoms with Crippen LogP contribution in [0.3, 0.4) is 0 Å². The van der Waals surface area contributed by atoms with Crippen molar-refractivity contribution in [1.82, 2.24) is 0 Å². The predicted molar refractivity (Wildman–Crippen MR) is 87.8 cm³/mol. The molecule has 0 aliphatic heterocycles. The number of halogens is 1. The van der Waals surface area contributed by atoms with Gasteiger partial charge < -0.3 is 15.9 Å². The number of benzene rings is 2. The summed E-state index contributed by atoms with van der Waals surface area (Å²) in [6.07, 6.45) is 3.98. The van der Waals surface area contributed by atoms with Crippen molar-refractivity contribution in [3.05, 3.63) is 42.0 Å². The zero-order valence-electron chi connectivity index (χ0n) is 11.9. The van der Waals surface area contributed by atoms with Crippen LogP contribution in [0.4, 0.5) is 0 Å². The molecule has 1 aliphatic rings. The van der Waals surface area contributed by atoms with Crippen LogP contribution in [0.2, 0.25) is 0 Å². The average Bonchev–Trinajstić information content (AvgIpc) is 3.01. The highest BCUT2D eigenvalue weighted by molar-refractivity contribution is 5.91. The Hall–Kier alpha value is -1.29. The topological polar surface area (TPSA) is 66.5 Å². The lowest BCUT2D eigenvalue weighted by atomic mass is 9.88. The van der Waals surface area contributed by atoms with E-state index in [0.717, 1.165) is 29.2 Å². The lowest BCUT2D eigenvalue weighted by Gasteiger charge is -2.25. The van der Waals surface area contributed by atoms with E-state index < -0.39 is 12.1 Å². The largest absolute Gasteiger partial charge is 0.507 e. The number of aromatic hydroxyl groups is 1. The highest BCUT2D eigenvalue weighted by Gasteiger charge is 2.29. The van der Waals surface area contributed by atoms with Crippen LogP contribution in [0.5, 0.6) is 5.75 Å². The number of rotatable bonds is 3. The van der Waals surface area contributed by atoms with Crippen LogP contribution in [0.1, 0.15) is 37.3 Å². The molecule has 3 rings (SSSR count). The predicted octanol–water partition coefficient (Wildman–Crippen LogP) is 3.52. The molecule has 21 heavy (non-hydrogen) atoms. The molecule has 0 saturated heterocycles. The van der Waals surface area contributed by atoms with Gasteiger partial charge in [-0.1, -0.05) is 43.2 Å². The summed E-state index contributed by atoms with van der Waals surface area (Å²) in [7, 11) is 0. The summed E-state index contributed by atoms with van der Waals surface area (Å²) < 4.78 is 0. The smallest absolute Gasteiger partial charge is 0.123 e. The van der Waals surface area contributed by atoms with Gasteiger partial charge in [0.05, 0.1) is 12.1 Å². The number of nitrogens with two attached hydrogens (primary N) is 1. The Morgan fingerprint density at radius 2 is 1.62 bits per heavy atom. The second-order valence-corrected chi connectivity index (χ2v) is 5.78. The first-order valence-electron chi connectivity index (χ1n) is 7.33. The minimum absolute atomic E-state index is 0. The van der Waals surface area contributed by atoms with E-state index in [1.807, 2.05) is 30.3 Å². The van der Waals surface area contributed by atoms with Gasteiger partial charge in [0.2, 0.25) is 0 Å². The maximum atomic E-state index is 10.5. The number of fused-ring (bicyclic) bond motifs is 1. The van der Waals surface area contributed by atoms with Crippen LogP contribution in [0.25, 0.3) is 10.8 Å². The fourth-order valence-electron chi connectivity index (χ4n) is 3.37. The zero-order chi connectivity index (χ0) is 14.1. The molecule has 0 aromatic heterocycles. The van der Waals surface area contributed by atoms with Gasteiger partial charge in [-0.25, -0.2) is 0 Å². The molecule has 114 valence electrons.